The fraction of sp³-hybridized carbons (Fsp3) is 0.317. The normalized spacial score (nSPS) is 23.3. The van der Waals surface area contributed by atoms with Crippen LogP contribution in [0.15, 0.2) is 113 Å². The fourth-order valence-electron chi connectivity index (χ4n) is 9.09. The number of carbonyl (C=O) groups is 4. The van der Waals surface area contributed by atoms with E-state index in [-0.39, 0.29) is 38.4 Å². The fourth-order valence-corrected chi connectivity index (χ4v) is 16.5. The summed E-state index contributed by atoms with van der Waals surface area (Å²) in [6.45, 7) is 12.5. The van der Waals surface area contributed by atoms with Crippen molar-refractivity contribution in [1.82, 2.24) is 8.87 Å². The Morgan fingerprint density at radius 3 is 1.89 bits per heavy atom. The van der Waals surface area contributed by atoms with Crippen molar-refractivity contribution in [2.45, 2.75) is 79.9 Å². The van der Waals surface area contributed by atoms with Crippen molar-refractivity contribution in [1.29, 1.82) is 0 Å². The lowest BCUT2D eigenvalue weighted by Crippen LogP contribution is -2.64. The van der Waals surface area contributed by atoms with Crippen molar-refractivity contribution in [3.63, 3.8) is 0 Å². The third-order valence-corrected chi connectivity index (χ3v) is 20.1. The van der Waals surface area contributed by atoms with E-state index in [1.54, 1.807) is 60.7 Å². The first-order chi connectivity index (χ1) is 25.5. The van der Waals surface area contributed by atoms with E-state index in [9.17, 15) is 27.6 Å². The summed E-state index contributed by atoms with van der Waals surface area (Å²) >= 11 is 14.2. The quantitative estimate of drug-likeness (QED) is 0.0945. The molecule has 1 aromatic heterocycles. The van der Waals surface area contributed by atoms with Gasteiger partial charge in [-0.15, -0.1) is 11.6 Å². The van der Waals surface area contributed by atoms with Crippen molar-refractivity contribution in [3.05, 3.63) is 125 Å². The first-order valence-electron chi connectivity index (χ1n) is 17.9. The molecule has 0 spiro atoms. The predicted molar refractivity (Wildman–Crippen MR) is 211 cm³/mol. The number of hydrogen-bond donors (Lipinski definition) is 0. The van der Waals surface area contributed by atoms with Gasteiger partial charge >= 0.3 is 0 Å². The van der Waals surface area contributed by atoms with Gasteiger partial charge in [0.2, 0.25) is 0 Å². The van der Waals surface area contributed by atoms with Crippen molar-refractivity contribution in [2.24, 2.45) is 5.92 Å². The Morgan fingerprint density at radius 1 is 0.778 bits per heavy atom. The summed E-state index contributed by atoms with van der Waals surface area (Å²) in [5, 5.41) is 0.0774. The summed E-state index contributed by atoms with van der Waals surface area (Å²) in [5.41, 5.74) is 1.02. The van der Waals surface area contributed by atoms with Crippen LogP contribution in [0.5, 0.6) is 0 Å². The lowest BCUT2D eigenvalue weighted by atomic mass is 9.63. The number of allylic oxidation sites excluding steroid dienone is 3. The van der Waals surface area contributed by atoms with E-state index < -0.39 is 69.5 Å². The van der Waals surface area contributed by atoms with Crippen molar-refractivity contribution >= 4 is 75.8 Å². The number of fused-ring (bicyclic) bond motifs is 3. The van der Waals surface area contributed by atoms with E-state index in [2.05, 4.69) is 41.5 Å². The minimum Gasteiger partial charge on any atom is -0.544 e. The molecule has 280 valence electrons. The monoisotopic (exact) mass is 802 g/mol. The van der Waals surface area contributed by atoms with Crippen LogP contribution < -0.4 is 0 Å². The van der Waals surface area contributed by atoms with Crippen LogP contribution in [0.4, 0.5) is 0 Å². The zero-order valence-corrected chi connectivity index (χ0v) is 33.9. The van der Waals surface area contributed by atoms with Gasteiger partial charge in [-0.3, -0.25) is 24.1 Å². The summed E-state index contributed by atoms with van der Waals surface area (Å²) in [6.07, 6.45) is 4.06. The Hall–Kier alpha value is -4.29. The van der Waals surface area contributed by atoms with E-state index in [1.807, 2.05) is 0 Å². The average molecular weight is 804 g/mol. The van der Waals surface area contributed by atoms with Gasteiger partial charge in [-0.2, -0.15) is 0 Å². The second-order valence-corrected chi connectivity index (χ2v) is 23.3. The molecule has 54 heavy (non-hydrogen) atoms. The van der Waals surface area contributed by atoms with Gasteiger partial charge in [0.05, 0.1) is 32.5 Å². The van der Waals surface area contributed by atoms with Crippen LogP contribution >= 0.6 is 23.2 Å². The van der Waals surface area contributed by atoms with Crippen molar-refractivity contribution in [3.8, 4) is 0 Å². The molecular formula is C41H40Cl2N2O7SSi. The first-order valence-corrected chi connectivity index (χ1v) is 22.3. The highest BCUT2D eigenvalue weighted by Crippen LogP contribution is 2.57. The summed E-state index contributed by atoms with van der Waals surface area (Å²) in [4.78, 5) is 56.6. The van der Waals surface area contributed by atoms with E-state index in [1.165, 1.54) is 30.5 Å². The molecule has 9 nitrogen and oxygen atoms in total. The number of para-hydroxylation sites is 1. The van der Waals surface area contributed by atoms with Crippen LogP contribution in [0.1, 0.15) is 73.7 Å². The number of Topliss-reactive ketones (excluding diaryl/α,β-unsaturated/α-hetero) is 1. The number of hydrogen-bond acceptors (Lipinski definition) is 7. The lowest BCUT2D eigenvalue weighted by molar-refractivity contribution is -0.130. The maximum Gasteiger partial charge on any atom is 0.268 e. The van der Waals surface area contributed by atoms with Gasteiger partial charge in [-0.1, -0.05) is 102 Å². The highest BCUT2D eigenvalue weighted by Gasteiger charge is 2.65. The zero-order chi connectivity index (χ0) is 39.1. The van der Waals surface area contributed by atoms with Crippen LogP contribution in [0.25, 0.3) is 10.9 Å². The minimum atomic E-state index is -4.16. The molecule has 2 amide bonds. The van der Waals surface area contributed by atoms with Gasteiger partial charge in [0.15, 0.2) is 11.6 Å². The van der Waals surface area contributed by atoms with E-state index in [4.69, 9.17) is 27.6 Å². The minimum absolute atomic E-state index is 0.0208. The van der Waals surface area contributed by atoms with Gasteiger partial charge in [-0.25, -0.2) is 12.4 Å². The highest BCUT2D eigenvalue weighted by atomic mass is 35.5. The number of nitrogens with zero attached hydrogens (tertiary/aromatic N) is 2. The SMILES string of the molecule is CC(C)[Si](OC1=C[C@@H](c2cn(S(=O)(=O)c3ccccc3)c3ccccc23)[C@]2(Cl)C(=O)C=C(Cl)C(=O)[C@@H]2[C@@H]1N1C(=O)c2ccccc2C1=O)(C(C)C)C(C)C. The smallest absolute Gasteiger partial charge is 0.268 e. The number of ketones is 2. The third kappa shape index (κ3) is 5.41. The Kier molecular flexibility index (Phi) is 9.48. The van der Waals surface area contributed by atoms with Gasteiger partial charge in [0.25, 0.3) is 30.2 Å². The molecule has 0 N–H and O–H groups in total. The number of rotatable bonds is 9. The standard InChI is InChI=1S/C41H40Cl2N2O7SSi/c1-23(2)54(24(3)4,25(5)6)52-34-20-31(30-22-44(33-19-13-12-16-27(30)33)53(50,51)26-14-8-7-9-15-26)41(43)35(46)21-32(42)38(47)36(41)37(34)45-39(48)28-17-10-11-18-29(28)40(45)49/h7-25,31,36-37H,1-6H3/t31-,36-,37+,41-/m0/s1. The Bertz CT molecular complexity index is 2360. The van der Waals surface area contributed by atoms with Gasteiger partial charge < -0.3 is 4.43 Å². The summed E-state index contributed by atoms with van der Waals surface area (Å²) < 4.78 is 36.9. The molecule has 0 unspecified atom stereocenters. The van der Waals surface area contributed by atoms with E-state index >= 15 is 0 Å². The number of alkyl halides is 1. The Labute approximate surface area is 325 Å². The number of imide groups is 1. The predicted octanol–water partition coefficient (Wildman–Crippen LogP) is 8.58. The van der Waals surface area contributed by atoms with Gasteiger partial charge in [-0.05, 0) is 58.6 Å². The Morgan fingerprint density at radius 2 is 1.31 bits per heavy atom. The second-order valence-electron chi connectivity index (χ2n) is 15.1. The molecule has 0 saturated carbocycles. The Balaban J connectivity index is 1.56. The zero-order valence-electron chi connectivity index (χ0n) is 30.6. The molecule has 0 fully saturated rings. The summed E-state index contributed by atoms with van der Waals surface area (Å²) in [7, 11) is -7.09. The number of carbonyl (C=O) groups excluding carboxylic acids is 4. The van der Waals surface area contributed by atoms with Crippen LogP contribution in [0.2, 0.25) is 16.6 Å². The molecule has 4 atom stereocenters. The molecular weight excluding hydrogens is 764 g/mol. The van der Waals surface area contributed by atoms with E-state index in [0.717, 1.165) is 14.9 Å². The lowest BCUT2D eigenvalue weighted by Gasteiger charge is -2.52. The van der Waals surface area contributed by atoms with Gasteiger partial charge in [0, 0.05) is 23.6 Å². The average Bonchev–Trinajstić information content (AvgIpc) is 3.64. The maximum absolute atomic E-state index is 14.6. The highest BCUT2D eigenvalue weighted by molar-refractivity contribution is 7.90. The molecule has 7 rings (SSSR count). The molecule has 1 aliphatic heterocycles. The molecule has 0 saturated heterocycles. The largest absolute Gasteiger partial charge is 0.544 e. The second kappa shape index (κ2) is 13.5. The summed E-state index contributed by atoms with van der Waals surface area (Å²) in [5.74, 6) is -5.40. The molecule has 2 heterocycles. The summed E-state index contributed by atoms with van der Waals surface area (Å²) in [6, 6.07) is 19.7. The third-order valence-electron chi connectivity index (χ3n) is 11.4. The number of amides is 2. The molecule has 0 radical (unpaired) electrons. The van der Waals surface area contributed by atoms with Crippen molar-refractivity contribution < 1.29 is 32.0 Å². The van der Waals surface area contributed by atoms with E-state index in [0.29, 0.717) is 16.5 Å². The first kappa shape index (κ1) is 38.0. The molecule has 3 aromatic carbocycles. The van der Waals surface area contributed by atoms with Crippen LogP contribution in [0, 0.1) is 5.92 Å². The topological polar surface area (TPSA) is 120 Å². The van der Waals surface area contributed by atoms with Crippen molar-refractivity contribution in [2.75, 3.05) is 0 Å². The molecule has 3 aliphatic rings. The number of aromatic nitrogens is 1. The van der Waals surface area contributed by atoms with Crippen LogP contribution in [-0.4, -0.2) is 59.9 Å². The number of halogens is 2. The molecule has 13 heteroatoms. The molecule has 4 aromatic rings. The van der Waals surface area contributed by atoms with Crippen LogP contribution in [-0.2, 0) is 24.0 Å². The maximum atomic E-state index is 14.6. The number of benzene rings is 3. The van der Waals surface area contributed by atoms with Crippen LogP contribution in [0.3, 0.4) is 0 Å². The molecule has 0 bridgehead atoms. The van der Waals surface area contributed by atoms with Gasteiger partial charge in [0.1, 0.15) is 16.7 Å². The molecule has 2 aliphatic carbocycles.